The normalized spacial score (nSPS) is 17.7. The first kappa shape index (κ1) is 15.3. The summed E-state index contributed by atoms with van der Waals surface area (Å²) in [5.74, 6) is -0.351. The van der Waals surface area contributed by atoms with Crippen LogP contribution in [0.4, 0.5) is 11.4 Å². The molecule has 0 aromatic heterocycles. The molecular formula is C19H20N2O2. The van der Waals surface area contributed by atoms with Gasteiger partial charge in [-0.3, -0.25) is 9.59 Å². The third kappa shape index (κ3) is 2.97. The van der Waals surface area contributed by atoms with Crippen LogP contribution in [0.3, 0.4) is 0 Å². The number of hydrogen-bond donors (Lipinski definition) is 1. The van der Waals surface area contributed by atoms with Gasteiger partial charge < -0.3 is 5.32 Å². The molecule has 1 heterocycles. The minimum absolute atomic E-state index is 0.160. The Labute approximate surface area is 136 Å². The van der Waals surface area contributed by atoms with Crippen LogP contribution in [0.15, 0.2) is 42.5 Å². The SMILES string of the molecule is Cc1cccc(N[C@@H]2CC(=O)N(c3ccc(C)cc3C)C2=O)c1. The number of anilines is 2. The minimum atomic E-state index is -0.509. The molecular weight excluding hydrogens is 288 g/mol. The van der Waals surface area contributed by atoms with Crippen molar-refractivity contribution in [2.24, 2.45) is 0 Å². The molecule has 0 saturated carbocycles. The molecule has 1 saturated heterocycles. The highest BCUT2D eigenvalue weighted by Crippen LogP contribution is 2.28. The molecule has 0 spiro atoms. The molecule has 1 aliphatic rings. The zero-order valence-electron chi connectivity index (χ0n) is 13.6. The number of amides is 2. The van der Waals surface area contributed by atoms with E-state index in [0.717, 1.165) is 22.4 Å². The summed E-state index contributed by atoms with van der Waals surface area (Å²) in [7, 11) is 0. The summed E-state index contributed by atoms with van der Waals surface area (Å²) in [6.07, 6.45) is 0.181. The number of imide groups is 1. The Morgan fingerprint density at radius 3 is 2.43 bits per heavy atom. The van der Waals surface area contributed by atoms with Crippen LogP contribution in [0, 0.1) is 20.8 Å². The van der Waals surface area contributed by atoms with E-state index in [1.54, 1.807) is 0 Å². The van der Waals surface area contributed by atoms with Crippen molar-refractivity contribution in [2.45, 2.75) is 33.2 Å². The molecule has 4 heteroatoms. The van der Waals surface area contributed by atoms with Gasteiger partial charge in [0.25, 0.3) is 5.91 Å². The van der Waals surface area contributed by atoms with Gasteiger partial charge in [-0.1, -0.05) is 29.8 Å². The van der Waals surface area contributed by atoms with Crippen LogP contribution in [0.1, 0.15) is 23.1 Å². The monoisotopic (exact) mass is 308 g/mol. The molecule has 118 valence electrons. The van der Waals surface area contributed by atoms with Gasteiger partial charge in [0.15, 0.2) is 0 Å². The van der Waals surface area contributed by atoms with Crippen molar-refractivity contribution < 1.29 is 9.59 Å². The lowest BCUT2D eigenvalue weighted by Crippen LogP contribution is -2.35. The predicted octanol–water partition coefficient (Wildman–Crippen LogP) is 3.36. The average molecular weight is 308 g/mol. The Balaban J connectivity index is 1.85. The molecule has 2 aromatic carbocycles. The number of aryl methyl sites for hydroxylation is 3. The molecule has 2 aromatic rings. The topological polar surface area (TPSA) is 49.4 Å². The van der Waals surface area contributed by atoms with Crippen molar-refractivity contribution in [3.8, 4) is 0 Å². The van der Waals surface area contributed by atoms with Crippen LogP contribution < -0.4 is 10.2 Å². The zero-order chi connectivity index (χ0) is 16.6. The molecule has 0 bridgehead atoms. The second-order valence-corrected chi connectivity index (χ2v) is 6.13. The molecule has 0 unspecified atom stereocenters. The molecule has 1 N–H and O–H groups in total. The Hall–Kier alpha value is -2.62. The van der Waals surface area contributed by atoms with E-state index in [1.165, 1.54) is 4.90 Å². The van der Waals surface area contributed by atoms with Crippen molar-refractivity contribution in [1.82, 2.24) is 0 Å². The van der Waals surface area contributed by atoms with Crippen molar-refractivity contribution in [1.29, 1.82) is 0 Å². The molecule has 4 nitrogen and oxygen atoms in total. The summed E-state index contributed by atoms with van der Waals surface area (Å²) in [4.78, 5) is 26.3. The lowest BCUT2D eigenvalue weighted by Gasteiger charge is -2.18. The first-order valence-electron chi connectivity index (χ1n) is 7.73. The molecule has 1 aliphatic heterocycles. The number of nitrogens with zero attached hydrogens (tertiary/aromatic N) is 1. The maximum absolute atomic E-state index is 12.7. The van der Waals surface area contributed by atoms with Gasteiger partial charge in [0.1, 0.15) is 6.04 Å². The summed E-state index contributed by atoms with van der Waals surface area (Å²) < 4.78 is 0. The third-order valence-electron chi connectivity index (χ3n) is 4.10. The van der Waals surface area contributed by atoms with Crippen molar-refractivity contribution in [2.75, 3.05) is 10.2 Å². The number of carbonyl (C=O) groups excluding carboxylic acids is 2. The first-order chi connectivity index (χ1) is 11.0. The summed E-state index contributed by atoms with van der Waals surface area (Å²) >= 11 is 0. The van der Waals surface area contributed by atoms with Gasteiger partial charge in [-0.15, -0.1) is 0 Å². The van der Waals surface area contributed by atoms with E-state index in [-0.39, 0.29) is 18.2 Å². The van der Waals surface area contributed by atoms with Crippen LogP contribution in [0.5, 0.6) is 0 Å². The Morgan fingerprint density at radius 1 is 1.00 bits per heavy atom. The Bertz CT molecular complexity index is 783. The molecule has 1 atom stereocenters. The maximum atomic E-state index is 12.7. The zero-order valence-corrected chi connectivity index (χ0v) is 13.6. The number of carbonyl (C=O) groups is 2. The smallest absolute Gasteiger partial charge is 0.256 e. The third-order valence-corrected chi connectivity index (χ3v) is 4.10. The Morgan fingerprint density at radius 2 is 1.74 bits per heavy atom. The van der Waals surface area contributed by atoms with Crippen LogP contribution in [-0.2, 0) is 9.59 Å². The number of nitrogens with one attached hydrogen (secondary N) is 1. The van der Waals surface area contributed by atoms with Gasteiger partial charge in [0.05, 0.1) is 12.1 Å². The maximum Gasteiger partial charge on any atom is 0.256 e. The van der Waals surface area contributed by atoms with Crippen molar-refractivity contribution in [3.63, 3.8) is 0 Å². The highest BCUT2D eigenvalue weighted by molar-refractivity contribution is 6.23. The second kappa shape index (κ2) is 5.88. The standard InChI is InChI=1S/C19H20N2O2/c1-12-5-4-6-15(10-12)20-16-11-18(22)21(19(16)23)17-8-7-13(2)9-14(17)3/h4-10,16,20H,11H2,1-3H3/t16-/m1/s1. The Kier molecular flexibility index (Phi) is 3.90. The molecule has 0 radical (unpaired) electrons. The van der Waals surface area contributed by atoms with Gasteiger partial charge in [0.2, 0.25) is 5.91 Å². The first-order valence-corrected chi connectivity index (χ1v) is 7.73. The molecule has 3 rings (SSSR count). The molecule has 23 heavy (non-hydrogen) atoms. The highest BCUT2D eigenvalue weighted by atomic mass is 16.2. The summed E-state index contributed by atoms with van der Waals surface area (Å²) in [5, 5.41) is 3.18. The summed E-state index contributed by atoms with van der Waals surface area (Å²) in [6.45, 7) is 5.91. The van der Waals surface area contributed by atoms with Crippen LogP contribution in [0.25, 0.3) is 0 Å². The van der Waals surface area contributed by atoms with Crippen molar-refractivity contribution >= 4 is 23.2 Å². The van der Waals surface area contributed by atoms with E-state index in [1.807, 2.05) is 63.2 Å². The number of benzene rings is 2. The minimum Gasteiger partial charge on any atom is -0.373 e. The average Bonchev–Trinajstić information content (AvgIpc) is 2.74. The van der Waals surface area contributed by atoms with Gasteiger partial charge in [-0.05, 0) is 50.1 Å². The van der Waals surface area contributed by atoms with E-state index >= 15 is 0 Å². The van der Waals surface area contributed by atoms with E-state index in [2.05, 4.69) is 5.32 Å². The fraction of sp³-hybridized carbons (Fsp3) is 0.263. The fourth-order valence-corrected chi connectivity index (χ4v) is 2.99. The predicted molar refractivity (Wildman–Crippen MR) is 91.6 cm³/mol. The fourth-order valence-electron chi connectivity index (χ4n) is 2.99. The largest absolute Gasteiger partial charge is 0.373 e. The van der Waals surface area contributed by atoms with Gasteiger partial charge in [0, 0.05) is 5.69 Å². The summed E-state index contributed by atoms with van der Waals surface area (Å²) in [5.41, 5.74) is 4.69. The van der Waals surface area contributed by atoms with E-state index in [0.29, 0.717) is 5.69 Å². The van der Waals surface area contributed by atoms with Gasteiger partial charge in [-0.25, -0.2) is 4.90 Å². The molecule has 2 amide bonds. The molecule has 0 aliphatic carbocycles. The van der Waals surface area contributed by atoms with E-state index in [4.69, 9.17) is 0 Å². The molecule has 1 fully saturated rings. The van der Waals surface area contributed by atoms with Crippen LogP contribution >= 0.6 is 0 Å². The second-order valence-electron chi connectivity index (χ2n) is 6.13. The van der Waals surface area contributed by atoms with Crippen LogP contribution in [-0.4, -0.2) is 17.9 Å². The lowest BCUT2D eigenvalue weighted by atomic mass is 10.1. The van der Waals surface area contributed by atoms with E-state index < -0.39 is 6.04 Å². The summed E-state index contributed by atoms with van der Waals surface area (Å²) in [6, 6.07) is 13.0. The number of hydrogen-bond acceptors (Lipinski definition) is 3. The van der Waals surface area contributed by atoms with E-state index in [9.17, 15) is 9.59 Å². The van der Waals surface area contributed by atoms with Gasteiger partial charge >= 0.3 is 0 Å². The highest BCUT2D eigenvalue weighted by Gasteiger charge is 2.40. The van der Waals surface area contributed by atoms with Gasteiger partial charge in [-0.2, -0.15) is 0 Å². The quantitative estimate of drug-likeness (QED) is 0.885. The lowest BCUT2D eigenvalue weighted by molar-refractivity contribution is -0.121. The number of rotatable bonds is 3. The van der Waals surface area contributed by atoms with Crippen molar-refractivity contribution in [3.05, 3.63) is 59.2 Å². The van der Waals surface area contributed by atoms with Crippen LogP contribution in [0.2, 0.25) is 0 Å².